The van der Waals surface area contributed by atoms with Crippen molar-refractivity contribution in [1.82, 2.24) is 5.32 Å². The first-order chi connectivity index (χ1) is 9.48. The van der Waals surface area contributed by atoms with E-state index < -0.39 is 5.51 Å². The maximum atomic E-state index is 12.2. The fourth-order valence-corrected chi connectivity index (χ4v) is 3.04. The minimum Gasteiger partial charge on any atom is -0.380 e. The van der Waals surface area contributed by atoms with E-state index >= 15 is 0 Å². The van der Waals surface area contributed by atoms with Crippen molar-refractivity contribution in [3.63, 3.8) is 0 Å². The topological polar surface area (TPSA) is 21.3 Å². The van der Waals surface area contributed by atoms with Gasteiger partial charge in [0.05, 0.1) is 6.10 Å². The molecule has 0 aromatic heterocycles. The Bertz CT molecular complexity index is 421. The number of benzene rings is 1. The van der Waals surface area contributed by atoms with Gasteiger partial charge in [0.15, 0.2) is 0 Å². The van der Waals surface area contributed by atoms with Crippen molar-refractivity contribution >= 4 is 11.8 Å². The Labute approximate surface area is 121 Å². The van der Waals surface area contributed by atoms with E-state index in [1.807, 2.05) is 0 Å². The Morgan fingerprint density at radius 3 is 2.55 bits per heavy atom. The number of nitrogens with one attached hydrogen (secondary N) is 1. The molecule has 2 atom stereocenters. The van der Waals surface area contributed by atoms with Crippen LogP contribution < -0.4 is 5.32 Å². The molecule has 1 aromatic rings. The van der Waals surface area contributed by atoms with Crippen molar-refractivity contribution in [2.24, 2.45) is 0 Å². The fraction of sp³-hybridized carbons (Fsp3) is 0.571. The molecule has 2 nitrogen and oxygen atoms in total. The first-order valence-electron chi connectivity index (χ1n) is 6.59. The lowest BCUT2D eigenvalue weighted by Gasteiger charge is -2.19. The molecule has 1 aliphatic carbocycles. The summed E-state index contributed by atoms with van der Waals surface area (Å²) in [6.45, 7) is 0.654. The van der Waals surface area contributed by atoms with E-state index in [1.165, 1.54) is 12.1 Å². The number of rotatable bonds is 5. The SMILES string of the molecule is COC1CCCC1NCc1ccc(SC(F)(F)F)cc1. The Hall–Kier alpha value is -0.720. The second-order valence-corrected chi connectivity index (χ2v) is 6.02. The minimum absolute atomic E-state index is 0.0835. The summed E-state index contributed by atoms with van der Waals surface area (Å²) in [7, 11) is 1.72. The molecule has 0 radical (unpaired) electrons. The summed E-state index contributed by atoms with van der Waals surface area (Å²) in [5.74, 6) is 0. The average molecular weight is 305 g/mol. The molecule has 1 N–H and O–H groups in total. The van der Waals surface area contributed by atoms with Crippen molar-refractivity contribution in [3.8, 4) is 0 Å². The largest absolute Gasteiger partial charge is 0.446 e. The van der Waals surface area contributed by atoms with Crippen LogP contribution >= 0.6 is 11.8 Å². The highest BCUT2D eigenvalue weighted by Gasteiger charge is 2.29. The van der Waals surface area contributed by atoms with Crippen LogP contribution in [0.5, 0.6) is 0 Å². The maximum Gasteiger partial charge on any atom is 0.446 e. The normalized spacial score (nSPS) is 23.2. The summed E-state index contributed by atoms with van der Waals surface area (Å²) in [5.41, 5.74) is -3.24. The number of methoxy groups -OCH3 is 1. The molecule has 0 heterocycles. The van der Waals surface area contributed by atoms with Gasteiger partial charge in [0.2, 0.25) is 0 Å². The lowest BCUT2D eigenvalue weighted by molar-refractivity contribution is -0.0328. The molecule has 0 aliphatic heterocycles. The molecule has 20 heavy (non-hydrogen) atoms. The highest BCUT2D eigenvalue weighted by Crippen LogP contribution is 2.36. The van der Waals surface area contributed by atoms with E-state index in [0.717, 1.165) is 24.8 Å². The lowest BCUT2D eigenvalue weighted by Crippen LogP contribution is -2.36. The number of alkyl halides is 3. The van der Waals surface area contributed by atoms with Crippen LogP contribution in [0.2, 0.25) is 0 Å². The minimum atomic E-state index is -4.23. The summed E-state index contributed by atoms with van der Waals surface area (Å²) in [4.78, 5) is 0.219. The van der Waals surface area contributed by atoms with Crippen molar-refractivity contribution < 1.29 is 17.9 Å². The Morgan fingerprint density at radius 2 is 1.95 bits per heavy atom. The summed E-state index contributed by atoms with van der Waals surface area (Å²) in [6.07, 6.45) is 3.54. The quantitative estimate of drug-likeness (QED) is 0.832. The molecular formula is C14H18F3NOS. The summed E-state index contributed by atoms with van der Waals surface area (Å²) in [5, 5.41) is 3.41. The number of ether oxygens (including phenoxy) is 1. The summed E-state index contributed by atoms with van der Waals surface area (Å²) >= 11 is -0.0835. The lowest BCUT2D eigenvalue weighted by atomic mass is 10.1. The average Bonchev–Trinajstić information content (AvgIpc) is 2.83. The van der Waals surface area contributed by atoms with Gasteiger partial charge in [0.1, 0.15) is 0 Å². The van der Waals surface area contributed by atoms with Gasteiger partial charge in [-0.1, -0.05) is 12.1 Å². The third kappa shape index (κ3) is 4.68. The number of hydrogen-bond acceptors (Lipinski definition) is 3. The zero-order chi connectivity index (χ0) is 14.6. The predicted octanol–water partition coefficient (Wildman–Crippen LogP) is 3.96. The van der Waals surface area contributed by atoms with Gasteiger partial charge < -0.3 is 10.1 Å². The smallest absolute Gasteiger partial charge is 0.380 e. The zero-order valence-corrected chi connectivity index (χ0v) is 12.1. The molecule has 6 heteroatoms. The molecule has 1 saturated carbocycles. The predicted molar refractivity (Wildman–Crippen MR) is 73.6 cm³/mol. The van der Waals surface area contributed by atoms with Crippen LogP contribution in [0.3, 0.4) is 0 Å². The summed E-state index contributed by atoms with van der Waals surface area (Å²) in [6, 6.07) is 6.83. The van der Waals surface area contributed by atoms with E-state index in [-0.39, 0.29) is 22.8 Å². The molecule has 1 aliphatic rings. The van der Waals surface area contributed by atoms with E-state index in [2.05, 4.69) is 5.32 Å². The molecular weight excluding hydrogens is 287 g/mol. The van der Waals surface area contributed by atoms with Gasteiger partial charge in [-0.3, -0.25) is 0 Å². The van der Waals surface area contributed by atoms with E-state index in [4.69, 9.17) is 4.74 Å². The van der Waals surface area contributed by atoms with Crippen LogP contribution in [0.1, 0.15) is 24.8 Å². The van der Waals surface area contributed by atoms with Gasteiger partial charge in [0.25, 0.3) is 0 Å². The van der Waals surface area contributed by atoms with Crippen LogP contribution in [-0.2, 0) is 11.3 Å². The molecule has 1 aromatic carbocycles. The number of halogens is 3. The standard InChI is InChI=1S/C14H18F3NOS/c1-19-13-4-2-3-12(13)18-9-10-5-7-11(8-6-10)20-14(15,16)17/h5-8,12-13,18H,2-4,9H2,1H3. The molecule has 2 unspecified atom stereocenters. The first-order valence-corrected chi connectivity index (χ1v) is 7.40. The first kappa shape index (κ1) is 15.7. The molecule has 0 spiro atoms. The molecule has 0 bridgehead atoms. The van der Waals surface area contributed by atoms with Crippen molar-refractivity contribution in [1.29, 1.82) is 0 Å². The van der Waals surface area contributed by atoms with Crippen LogP contribution in [-0.4, -0.2) is 24.8 Å². The second-order valence-electron chi connectivity index (χ2n) is 4.88. The third-order valence-electron chi connectivity index (χ3n) is 3.48. The van der Waals surface area contributed by atoms with Gasteiger partial charge >= 0.3 is 5.51 Å². The molecule has 0 saturated heterocycles. The van der Waals surface area contributed by atoms with Crippen molar-refractivity contribution in [2.45, 2.75) is 48.4 Å². The fourth-order valence-electron chi connectivity index (χ4n) is 2.50. The zero-order valence-electron chi connectivity index (χ0n) is 11.2. The van der Waals surface area contributed by atoms with Crippen LogP contribution in [0.4, 0.5) is 13.2 Å². The highest BCUT2D eigenvalue weighted by atomic mass is 32.2. The van der Waals surface area contributed by atoms with Crippen LogP contribution in [0, 0.1) is 0 Å². The van der Waals surface area contributed by atoms with E-state index in [1.54, 1.807) is 19.2 Å². The Balaban J connectivity index is 1.85. The maximum absolute atomic E-state index is 12.2. The Morgan fingerprint density at radius 1 is 1.25 bits per heavy atom. The van der Waals surface area contributed by atoms with Gasteiger partial charge in [-0.25, -0.2) is 0 Å². The van der Waals surface area contributed by atoms with Crippen molar-refractivity contribution in [3.05, 3.63) is 29.8 Å². The molecule has 0 amide bonds. The highest BCUT2D eigenvalue weighted by molar-refractivity contribution is 8.00. The number of hydrogen-bond donors (Lipinski definition) is 1. The monoisotopic (exact) mass is 305 g/mol. The van der Waals surface area contributed by atoms with Gasteiger partial charge in [-0.15, -0.1) is 0 Å². The molecule has 1 fully saturated rings. The summed E-state index contributed by atoms with van der Waals surface area (Å²) < 4.78 is 42.0. The molecule has 2 rings (SSSR count). The van der Waals surface area contributed by atoms with Gasteiger partial charge in [-0.05, 0) is 48.7 Å². The number of thioether (sulfide) groups is 1. The van der Waals surface area contributed by atoms with Gasteiger partial charge in [0, 0.05) is 24.6 Å². The molecule has 112 valence electrons. The third-order valence-corrected chi connectivity index (χ3v) is 4.22. The Kier molecular flexibility index (Phi) is 5.35. The van der Waals surface area contributed by atoms with Crippen LogP contribution in [0.15, 0.2) is 29.2 Å². The van der Waals surface area contributed by atoms with E-state index in [9.17, 15) is 13.2 Å². The second kappa shape index (κ2) is 6.83. The van der Waals surface area contributed by atoms with Crippen molar-refractivity contribution in [2.75, 3.05) is 7.11 Å². The van der Waals surface area contributed by atoms with Gasteiger partial charge in [-0.2, -0.15) is 13.2 Å². The van der Waals surface area contributed by atoms with E-state index in [0.29, 0.717) is 12.6 Å². The van der Waals surface area contributed by atoms with Crippen LogP contribution in [0.25, 0.3) is 0 Å².